The molecule has 3 N–H and O–H groups in total. The summed E-state index contributed by atoms with van der Waals surface area (Å²) in [5.74, 6) is -5.65. The average Bonchev–Trinajstić information content (AvgIpc) is 3.90. The van der Waals surface area contributed by atoms with Gasteiger partial charge >= 0.3 is 30.0 Å². The number of carbonyl (C=O) groups excluding carboxylic acids is 6. The Kier molecular flexibility index (Phi) is 10.8. The number of aliphatic hydroxyl groups excluding tert-OH is 1. The van der Waals surface area contributed by atoms with Gasteiger partial charge in [-0.15, -0.1) is 0 Å². The third-order valence-corrected chi connectivity index (χ3v) is 13.2. The van der Waals surface area contributed by atoms with E-state index in [2.05, 4.69) is 5.32 Å². The highest BCUT2D eigenvalue weighted by atomic mass is 16.6. The number of aliphatic hydroxyl groups is 2. The quantitative estimate of drug-likeness (QED) is 0.181. The van der Waals surface area contributed by atoms with Gasteiger partial charge in [-0.05, 0) is 75.3 Å². The molecule has 2 aromatic carbocycles. The van der Waals surface area contributed by atoms with Crippen LogP contribution >= 0.6 is 0 Å². The Bertz CT molecular complexity index is 2110. The standard InChI is InChI=1S/C45H53NO14/c1-23-29(57-39(52)33(49)32(26-15-11-9-12-16-26)46-40(53)60-41(4,5)6)21-45(54)37(58-38(51)27-17-13-10-14-18-27)35-43(36(50)34(56-24(2)47)31(23)42(45,7)8)20-28(43)19-30-44(35,22-55-30)59-25(3)48/h9-18,28-30,32-35,37,49,54H,19-22H2,1-8H3,(H,46,53)/t28-,29?,30-,32+,33-,34-,35+,37+,43-,44+,45-/m1/s1. The molecule has 11 atom stereocenters. The number of hydrogen-bond acceptors (Lipinski definition) is 14. The zero-order chi connectivity index (χ0) is 43.7. The summed E-state index contributed by atoms with van der Waals surface area (Å²) in [4.78, 5) is 82.8. The summed E-state index contributed by atoms with van der Waals surface area (Å²) in [5, 5.41) is 27.9. The van der Waals surface area contributed by atoms with Gasteiger partial charge in [0.2, 0.25) is 0 Å². The summed E-state index contributed by atoms with van der Waals surface area (Å²) in [6, 6.07) is 14.9. The highest BCUT2D eigenvalue weighted by molar-refractivity contribution is 5.97. The number of amides is 1. The van der Waals surface area contributed by atoms with Crippen LogP contribution in [0.15, 0.2) is 71.8 Å². The molecule has 4 aliphatic carbocycles. The van der Waals surface area contributed by atoms with Gasteiger partial charge in [-0.25, -0.2) is 14.4 Å². The lowest BCUT2D eigenvalue weighted by Gasteiger charge is -2.64. The van der Waals surface area contributed by atoms with Crippen molar-refractivity contribution in [3.8, 4) is 0 Å². The second-order valence-electron chi connectivity index (χ2n) is 18.3. The van der Waals surface area contributed by atoms with E-state index >= 15 is 4.79 Å². The highest BCUT2D eigenvalue weighted by Gasteiger charge is 2.84. The van der Waals surface area contributed by atoms with Gasteiger partial charge in [0, 0.05) is 31.1 Å². The van der Waals surface area contributed by atoms with Gasteiger partial charge in [-0.3, -0.25) is 14.4 Å². The molecule has 7 rings (SSSR count). The van der Waals surface area contributed by atoms with Crippen molar-refractivity contribution in [3.05, 3.63) is 82.9 Å². The second-order valence-corrected chi connectivity index (χ2v) is 18.3. The monoisotopic (exact) mass is 831 g/mol. The van der Waals surface area contributed by atoms with Crippen molar-refractivity contribution in [2.45, 2.75) is 128 Å². The number of fused-ring (bicyclic) bond motifs is 4. The number of carbonyl (C=O) groups is 6. The Labute approximate surface area is 348 Å². The molecule has 1 saturated heterocycles. The average molecular weight is 832 g/mol. The van der Waals surface area contributed by atoms with Gasteiger partial charge in [0.1, 0.15) is 29.5 Å². The van der Waals surface area contributed by atoms with Crippen molar-refractivity contribution >= 4 is 35.8 Å². The Morgan fingerprint density at radius 3 is 2.10 bits per heavy atom. The number of Topliss-reactive ketones (excluding diaryl/α,β-unsaturated/α-hetero) is 1. The molecule has 4 fully saturated rings. The first-order chi connectivity index (χ1) is 28.1. The topological polar surface area (TPSA) is 210 Å². The largest absolute Gasteiger partial charge is 0.456 e. The molecule has 1 aliphatic heterocycles. The van der Waals surface area contributed by atoms with Gasteiger partial charge in [0.15, 0.2) is 23.6 Å². The normalized spacial score (nSPS) is 33.3. The lowest BCUT2D eigenvalue weighted by molar-refractivity contribution is -0.323. The fraction of sp³-hybridized carbons (Fsp3) is 0.556. The zero-order valence-electron chi connectivity index (χ0n) is 35.0. The number of ketones is 1. The molecule has 1 unspecified atom stereocenters. The van der Waals surface area contributed by atoms with Gasteiger partial charge in [-0.2, -0.15) is 0 Å². The molecule has 322 valence electrons. The zero-order valence-corrected chi connectivity index (χ0v) is 35.0. The van der Waals surface area contributed by atoms with E-state index < -0.39 is 112 Å². The lowest BCUT2D eigenvalue weighted by Crippen LogP contribution is -2.78. The van der Waals surface area contributed by atoms with E-state index in [0.29, 0.717) is 12.0 Å². The summed E-state index contributed by atoms with van der Waals surface area (Å²) in [6.07, 6.45) is -8.18. The Morgan fingerprint density at radius 2 is 1.53 bits per heavy atom. The first kappa shape index (κ1) is 43.0. The molecule has 2 bridgehead atoms. The predicted molar refractivity (Wildman–Crippen MR) is 210 cm³/mol. The third-order valence-electron chi connectivity index (χ3n) is 13.2. The number of ether oxygens (including phenoxy) is 6. The molecule has 60 heavy (non-hydrogen) atoms. The van der Waals surface area contributed by atoms with Crippen LogP contribution in [0.3, 0.4) is 0 Å². The number of nitrogens with one attached hydrogen (secondary N) is 1. The van der Waals surface area contributed by atoms with Crippen molar-refractivity contribution < 1.29 is 67.4 Å². The molecular weight excluding hydrogens is 778 g/mol. The highest BCUT2D eigenvalue weighted by Crippen LogP contribution is 2.74. The maximum Gasteiger partial charge on any atom is 0.408 e. The number of esters is 4. The fourth-order valence-electron chi connectivity index (χ4n) is 10.4. The van der Waals surface area contributed by atoms with E-state index in [-0.39, 0.29) is 35.7 Å². The van der Waals surface area contributed by atoms with Crippen molar-refractivity contribution in [1.29, 1.82) is 0 Å². The van der Waals surface area contributed by atoms with Crippen molar-refractivity contribution in [1.82, 2.24) is 5.32 Å². The van der Waals surface area contributed by atoms with Crippen molar-refractivity contribution in [3.63, 3.8) is 0 Å². The summed E-state index contributed by atoms with van der Waals surface area (Å²) >= 11 is 0. The van der Waals surface area contributed by atoms with Gasteiger partial charge in [0.25, 0.3) is 0 Å². The smallest absolute Gasteiger partial charge is 0.408 e. The number of rotatable bonds is 9. The van der Waals surface area contributed by atoms with Crippen LogP contribution in [0.5, 0.6) is 0 Å². The van der Waals surface area contributed by atoms with Gasteiger partial charge in [0.05, 0.1) is 24.1 Å². The first-order valence-corrected chi connectivity index (χ1v) is 20.2. The molecule has 1 spiro atoms. The van der Waals surface area contributed by atoms with E-state index in [0.717, 1.165) is 6.92 Å². The minimum Gasteiger partial charge on any atom is -0.456 e. The van der Waals surface area contributed by atoms with E-state index in [9.17, 15) is 34.2 Å². The molecular formula is C45H53NO14. The Morgan fingerprint density at radius 1 is 0.900 bits per heavy atom. The number of benzene rings is 2. The van der Waals surface area contributed by atoms with Crippen LogP contribution in [0.25, 0.3) is 0 Å². The molecule has 1 heterocycles. The first-order valence-electron chi connectivity index (χ1n) is 20.2. The summed E-state index contributed by atoms with van der Waals surface area (Å²) in [7, 11) is 0. The van der Waals surface area contributed by atoms with Crippen LogP contribution in [0.2, 0.25) is 0 Å². The van der Waals surface area contributed by atoms with Crippen LogP contribution in [0.1, 0.15) is 96.6 Å². The second kappa shape index (κ2) is 15.1. The van der Waals surface area contributed by atoms with Crippen molar-refractivity contribution in [2.24, 2.45) is 22.7 Å². The Balaban J connectivity index is 1.37. The van der Waals surface area contributed by atoms with Crippen LogP contribution in [-0.4, -0.2) is 99.9 Å². The van der Waals surface area contributed by atoms with Crippen LogP contribution in [-0.2, 0) is 47.6 Å². The minimum atomic E-state index is -2.25. The number of alkyl carbamates (subject to hydrolysis) is 1. The molecule has 5 aliphatic rings. The maximum atomic E-state index is 15.4. The third kappa shape index (κ3) is 7.07. The predicted octanol–water partition coefficient (Wildman–Crippen LogP) is 4.47. The molecule has 1 amide bonds. The van der Waals surface area contributed by atoms with E-state index in [1.165, 1.54) is 19.1 Å². The molecule has 0 aromatic heterocycles. The van der Waals surface area contributed by atoms with E-state index in [1.54, 1.807) is 90.1 Å². The van der Waals surface area contributed by atoms with Crippen LogP contribution in [0, 0.1) is 22.7 Å². The summed E-state index contributed by atoms with van der Waals surface area (Å²) in [6.45, 7) is 12.0. The van der Waals surface area contributed by atoms with Crippen LogP contribution < -0.4 is 5.32 Å². The minimum absolute atomic E-state index is 0.128. The van der Waals surface area contributed by atoms with E-state index in [4.69, 9.17) is 28.4 Å². The lowest BCUT2D eigenvalue weighted by atomic mass is 9.48. The summed E-state index contributed by atoms with van der Waals surface area (Å²) < 4.78 is 36.0. The van der Waals surface area contributed by atoms with E-state index in [1.807, 2.05) is 0 Å². The molecule has 3 saturated carbocycles. The maximum absolute atomic E-state index is 15.4. The fourth-order valence-corrected chi connectivity index (χ4v) is 10.4. The molecule has 0 radical (unpaired) electrons. The molecule has 15 nitrogen and oxygen atoms in total. The SMILES string of the molecule is CC(=O)O[C@H]1C(=O)[C@]23C[C@H]2C[C@H]2OC[C@@]2(OC(C)=O)[C@H]3[C@H](OC(=O)c2ccccc2)[C@]2(O)CC(OC(=O)[C@H](O)[C@@H](NC(=O)OC(C)(C)C)c3ccccc3)C(C)=C1C2(C)C. The van der Waals surface area contributed by atoms with Crippen LogP contribution in [0.4, 0.5) is 4.79 Å². The molecule has 15 heteroatoms. The summed E-state index contributed by atoms with van der Waals surface area (Å²) in [5.41, 5.74) is -6.79. The number of hydrogen-bond donors (Lipinski definition) is 3. The van der Waals surface area contributed by atoms with Gasteiger partial charge in [-0.1, -0.05) is 62.4 Å². The Hall–Kier alpha value is -5.12. The van der Waals surface area contributed by atoms with Gasteiger partial charge < -0.3 is 44.0 Å². The molecule has 2 aromatic rings. The van der Waals surface area contributed by atoms with Crippen molar-refractivity contribution in [2.75, 3.05) is 6.61 Å².